The van der Waals surface area contributed by atoms with Crippen molar-refractivity contribution in [2.24, 2.45) is 7.05 Å². The molecule has 1 amide bonds. The molecule has 3 rings (SSSR count). The van der Waals surface area contributed by atoms with Gasteiger partial charge in [-0.1, -0.05) is 12.1 Å². The van der Waals surface area contributed by atoms with Gasteiger partial charge in [-0.15, -0.1) is 0 Å². The van der Waals surface area contributed by atoms with Crippen molar-refractivity contribution in [1.29, 1.82) is 0 Å². The number of piperidine rings is 1. The van der Waals surface area contributed by atoms with Crippen LogP contribution in [-0.2, 0) is 28.4 Å². The first kappa shape index (κ1) is 21.1. The first-order valence-corrected chi connectivity index (χ1v) is 11.1. The molecule has 1 N–H and O–H groups in total. The lowest BCUT2D eigenvalue weighted by Crippen LogP contribution is -2.39. The lowest BCUT2D eigenvalue weighted by Gasteiger charge is -2.30. The third-order valence-electron chi connectivity index (χ3n) is 4.97. The van der Waals surface area contributed by atoms with Crippen LogP contribution < -0.4 is 15.7 Å². The van der Waals surface area contributed by atoms with E-state index in [0.717, 1.165) is 11.1 Å². The molecule has 1 aromatic heterocycles. The van der Waals surface area contributed by atoms with Gasteiger partial charge in [0, 0.05) is 26.1 Å². The molecule has 0 aliphatic carbocycles. The zero-order chi connectivity index (χ0) is 21.2. The van der Waals surface area contributed by atoms with E-state index in [0.29, 0.717) is 30.2 Å². The maximum atomic E-state index is 12.5. The lowest BCUT2D eigenvalue weighted by molar-refractivity contribution is -0.117. The molecule has 1 fully saturated rings. The van der Waals surface area contributed by atoms with Crippen LogP contribution in [0, 0.1) is 0 Å². The summed E-state index contributed by atoms with van der Waals surface area (Å²) < 4.78 is 32.8. The van der Waals surface area contributed by atoms with Gasteiger partial charge >= 0.3 is 5.69 Å². The van der Waals surface area contributed by atoms with Crippen molar-refractivity contribution in [3.8, 4) is 5.75 Å². The minimum atomic E-state index is -3.31. The highest BCUT2D eigenvalue weighted by molar-refractivity contribution is 7.88. The molecule has 2 heterocycles. The molecular formula is C18H25N5O5S. The van der Waals surface area contributed by atoms with Gasteiger partial charge in [-0.25, -0.2) is 22.2 Å². The summed E-state index contributed by atoms with van der Waals surface area (Å²) in [4.78, 5) is 25.0. The van der Waals surface area contributed by atoms with Crippen LogP contribution >= 0.6 is 0 Å². The minimum absolute atomic E-state index is 0.199. The second-order valence-corrected chi connectivity index (χ2v) is 9.05. The molecule has 10 nitrogen and oxygen atoms in total. The number of para-hydroxylation sites is 2. The Balaban J connectivity index is 1.77. The molecule has 0 bridgehead atoms. The van der Waals surface area contributed by atoms with E-state index in [4.69, 9.17) is 4.74 Å². The Morgan fingerprint density at radius 1 is 1.34 bits per heavy atom. The SMILES string of the molecule is COc1ccccc1NC(=O)Cn1nc([C@H]2CCCN(S(C)(=O)=O)C2)n(C)c1=O. The van der Waals surface area contributed by atoms with Crippen molar-refractivity contribution >= 4 is 21.6 Å². The van der Waals surface area contributed by atoms with Crippen LogP contribution in [0.5, 0.6) is 5.75 Å². The summed E-state index contributed by atoms with van der Waals surface area (Å²) in [5.41, 5.74) is 0.0759. The van der Waals surface area contributed by atoms with Crippen LogP contribution in [0.1, 0.15) is 24.6 Å². The molecule has 0 saturated carbocycles. The van der Waals surface area contributed by atoms with Crippen LogP contribution in [0.3, 0.4) is 0 Å². The monoisotopic (exact) mass is 423 g/mol. The molecule has 1 saturated heterocycles. The number of benzene rings is 1. The van der Waals surface area contributed by atoms with E-state index >= 15 is 0 Å². The third-order valence-corrected chi connectivity index (χ3v) is 6.24. The summed E-state index contributed by atoms with van der Waals surface area (Å²) in [7, 11) is -0.221. The van der Waals surface area contributed by atoms with Crippen molar-refractivity contribution in [2.45, 2.75) is 25.3 Å². The second kappa shape index (κ2) is 8.37. The molecule has 29 heavy (non-hydrogen) atoms. The highest BCUT2D eigenvalue weighted by Crippen LogP contribution is 2.26. The van der Waals surface area contributed by atoms with Gasteiger partial charge in [0.25, 0.3) is 0 Å². The second-order valence-electron chi connectivity index (χ2n) is 7.07. The van der Waals surface area contributed by atoms with Crippen molar-refractivity contribution < 1.29 is 17.9 Å². The van der Waals surface area contributed by atoms with Gasteiger partial charge in [0.15, 0.2) is 0 Å². The first-order valence-electron chi connectivity index (χ1n) is 9.22. The predicted molar refractivity (Wildman–Crippen MR) is 107 cm³/mol. The Morgan fingerprint density at radius 3 is 2.76 bits per heavy atom. The number of carbonyl (C=O) groups excluding carboxylic acids is 1. The van der Waals surface area contributed by atoms with Crippen molar-refractivity contribution in [1.82, 2.24) is 18.7 Å². The number of aromatic nitrogens is 3. The quantitative estimate of drug-likeness (QED) is 0.718. The van der Waals surface area contributed by atoms with E-state index in [-0.39, 0.29) is 19.0 Å². The van der Waals surface area contributed by atoms with Crippen LogP contribution in [0.2, 0.25) is 0 Å². The number of ether oxygens (including phenoxy) is 1. The summed E-state index contributed by atoms with van der Waals surface area (Å²) in [5, 5.41) is 7.04. The summed E-state index contributed by atoms with van der Waals surface area (Å²) in [6.45, 7) is 0.481. The van der Waals surface area contributed by atoms with E-state index in [1.165, 1.54) is 22.2 Å². The predicted octanol–water partition coefficient (Wildman–Crippen LogP) is 0.368. The fourth-order valence-corrected chi connectivity index (χ4v) is 4.40. The largest absolute Gasteiger partial charge is 0.495 e. The van der Waals surface area contributed by atoms with Crippen molar-refractivity contribution in [2.75, 3.05) is 31.8 Å². The fraction of sp³-hybridized carbons (Fsp3) is 0.500. The maximum Gasteiger partial charge on any atom is 0.346 e. The molecule has 11 heteroatoms. The molecule has 2 aromatic rings. The first-order chi connectivity index (χ1) is 13.7. The number of anilines is 1. The van der Waals surface area contributed by atoms with Gasteiger partial charge in [0.05, 0.1) is 19.1 Å². The molecule has 1 atom stereocenters. The minimum Gasteiger partial charge on any atom is -0.495 e. The zero-order valence-corrected chi connectivity index (χ0v) is 17.5. The van der Waals surface area contributed by atoms with Crippen LogP contribution in [-0.4, -0.2) is 59.4 Å². The van der Waals surface area contributed by atoms with Gasteiger partial charge in [0.1, 0.15) is 18.1 Å². The average molecular weight is 423 g/mol. The molecule has 0 spiro atoms. The van der Waals surface area contributed by atoms with Crippen LogP contribution in [0.25, 0.3) is 0 Å². The molecule has 158 valence electrons. The fourth-order valence-electron chi connectivity index (χ4n) is 3.49. The number of amides is 1. The van der Waals surface area contributed by atoms with E-state index in [1.807, 2.05) is 0 Å². The Bertz CT molecular complexity index is 1060. The Kier molecular flexibility index (Phi) is 6.08. The molecule has 0 radical (unpaired) electrons. The lowest BCUT2D eigenvalue weighted by atomic mass is 9.99. The number of nitrogens with zero attached hydrogens (tertiary/aromatic N) is 4. The standard InChI is InChI=1S/C18H25N5O5S/c1-21-17(13-7-6-10-22(11-13)29(3,26)27)20-23(18(21)25)12-16(24)19-14-8-4-5-9-15(14)28-2/h4-5,8-9,13H,6-7,10-12H2,1-3H3,(H,19,24)/t13-/m0/s1. The Morgan fingerprint density at radius 2 is 2.07 bits per heavy atom. The van der Waals surface area contributed by atoms with E-state index in [2.05, 4.69) is 10.4 Å². The Hall–Kier alpha value is -2.66. The van der Waals surface area contributed by atoms with Gasteiger partial charge in [-0.2, -0.15) is 5.10 Å². The number of hydrogen-bond acceptors (Lipinski definition) is 6. The highest BCUT2D eigenvalue weighted by Gasteiger charge is 2.30. The van der Waals surface area contributed by atoms with Crippen LogP contribution in [0.4, 0.5) is 5.69 Å². The van der Waals surface area contributed by atoms with Gasteiger partial charge in [-0.05, 0) is 25.0 Å². The topological polar surface area (TPSA) is 116 Å². The highest BCUT2D eigenvalue weighted by atomic mass is 32.2. The summed E-state index contributed by atoms with van der Waals surface area (Å²) in [6.07, 6.45) is 2.59. The number of carbonyl (C=O) groups is 1. The summed E-state index contributed by atoms with van der Waals surface area (Å²) in [5.74, 6) is 0.379. The number of hydrogen-bond donors (Lipinski definition) is 1. The average Bonchev–Trinajstić information content (AvgIpc) is 2.96. The number of rotatable bonds is 6. The van der Waals surface area contributed by atoms with E-state index in [1.54, 1.807) is 31.3 Å². The van der Waals surface area contributed by atoms with Crippen molar-refractivity contribution in [3.05, 3.63) is 40.6 Å². The molecule has 1 aromatic carbocycles. The number of methoxy groups -OCH3 is 1. The number of sulfonamides is 1. The van der Waals surface area contributed by atoms with Crippen LogP contribution in [0.15, 0.2) is 29.1 Å². The molecular weight excluding hydrogens is 398 g/mol. The summed E-state index contributed by atoms with van der Waals surface area (Å²) >= 11 is 0. The van der Waals surface area contributed by atoms with E-state index < -0.39 is 21.6 Å². The number of nitrogens with one attached hydrogen (secondary N) is 1. The normalized spacial score (nSPS) is 17.8. The third kappa shape index (κ3) is 4.67. The van der Waals surface area contributed by atoms with E-state index in [9.17, 15) is 18.0 Å². The molecule has 1 aliphatic heterocycles. The molecule has 1 aliphatic rings. The zero-order valence-electron chi connectivity index (χ0n) is 16.7. The maximum absolute atomic E-state index is 12.5. The van der Waals surface area contributed by atoms with Gasteiger partial charge in [-0.3, -0.25) is 9.36 Å². The molecule has 0 unspecified atom stereocenters. The Labute approximate surface area is 169 Å². The summed E-state index contributed by atoms with van der Waals surface area (Å²) in [6, 6.07) is 6.97. The van der Waals surface area contributed by atoms with Gasteiger partial charge in [0.2, 0.25) is 15.9 Å². The van der Waals surface area contributed by atoms with Gasteiger partial charge < -0.3 is 10.1 Å². The van der Waals surface area contributed by atoms with Crippen molar-refractivity contribution in [3.63, 3.8) is 0 Å². The smallest absolute Gasteiger partial charge is 0.346 e.